The van der Waals surface area contributed by atoms with Gasteiger partial charge in [-0.1, -0.05) is 11.6 Å². The summed E-state index contributed by atoms with van der Waals surface area (Å²) in [5.74, 6) is -2.67. The normalized spacial score (nSPS) is 11.2. The highest BCUT2D eigenvalue weighted by Gasteiger charge is 2.36. The number of carbonyl (C=O) groups is 2. The van der Waals surface area contributed by atoms with E-state index in [1.807, 2.05) is 0 Å². The molecule has 1 amide bonds. The number of nitrogens with zero attached hydrogens (tertiary/aromatic N) is 1. The summed E-state index contributed by atoms with van der Waals surface area (Å²) in [5.41, 5.74) is -3.70. The second kappa shape index (κ2) is 7.16. The zero-order valence-electron chi connectivity index (χ0n) is 12.8. The van der Waals surface area contributed by atoms with Crippen molar-refractivity contribution in [1.29, 1.82) is 0 Å². The largest absolute Gasteiger partial charge is 0.481 e. The first-order valence-corrected chi connectivity index (χ1v) is 7.09. The van der Waals surface area contributed by atoms with Gasteiger partial charge in [0, 0.05) is 6.07 Å². The number of aromatic nitrogens is 1. The molecular formula is C15H9ClF4N2O4. The van der Waals surface area contributed by atoms with Gasteiger partial charge in [0.15, 0.2) is 11.5 Å². The van der Waals surface area contributed by atoms with Crippen molar-refractivity contribution in [3.05, 3.63) is 51.9 Å². The van der Waals surface area contributed by atoms with Crippen LogP contribution in [0.4, 0.5) is 28.0 Å². The monoisotopic (exact) mass is 392 g/mol. The minimum absolute atomic E-state index is 0.175. The number of pyridine rings is 1. The van der Waals surface area contributed by atoms with Crippen LogP contribution in [0, 0.1) is 5.82 Å². The van der Waals surface area contributed by atoms with Crippen molar-refractivity contribution in [2.45, 2.75) is 6.18 Å². The highest BCUT2D eigenvalue weighted by atomic mass is 35.5. The minimum atomic E-state index is -4.92. The van der Waals surface area contributed by atoms with Crippen molar-refractivity contribution >= 4 is 29.2 Å². The summed E-state index contributed by atoms with van der Waals surface area (Å²) < 4.78 is 57.8. The predicted molar refractivity (Wildman–Crippen MR) is 82.3 cm³/mol. The number of carboxylic acid groups (broad SMARTS) is 1. The highest BCUT2D eigenvalue weighted by Crippen LogP contribution is 2.40. The van der Waals surface area contributed by atoms with Gasteiger partial charge in [-0.2, -0.15) is 13.2 Å². The lowest BCUT2D eigenvalue weighted by atomic mass is 10.0. The lowest BCUT2D eigenvalue weighted by Crippen LogP contribution is -2.17. The first-order valence-electron chi connectivity index (χ1n) is 6.71. The summed E-state index contributed by atoms with van der Waals surface area (Å²) in [4.78, 5) is 27.0. The number of amides is 1. The fraction of sp³-hybridized carbons (Fsp3) is 0.133. The maximum absolute atomic E-state index is 14.0. The molecule has 6 nitrogen and oxygen atoms in total. The van der Waals surface area contributed by atoms with Gasteiger partial charge in [0.2, 0.25) is 11.7 Å². The van der Waals surface area contributed by atoms with Crippen LogP contribution < -0.4 is 10.1 Å². The third-order valence-corrected chi connectivity index (χ3v) is 3.55. The Morgan fingerprint density at radius 1 is 1.23 bits per heavy atom. The Morgan fingerprint density at radius 3 is 2.42 bits per heavy atom. The van der Waals surface area contributed by atoms with E-state index >= 15 is 0 Å². The van der Waals surface area contributed by atoms with E-state index in [4.69, 9.17) is 21.4 Å². The van der Waals surface area contributed by atoms with Crippen LogP contribution >= 0.6 is 11.6 Å². The third kappa shape index (κ3) is 3.85. The minimum Gasteiger partial charge on any atom is -0.481 e. The fourth-order valence-electron chi connectivity index (χ4n) is 2.05. The van der Waals surface area contributed by atoms with E-state index < -0.39 is 51.4 Å². The first-order chi connectivity index (χ1) is 12.1. The second-order valence-corrected chi connectivity index (χ2v) is 5.17. The van der Waals surface area contributed by atoms with Crippen molar-refractivity contribution in [2.24, 2.45) is 0 Å². The predicted octanol–water partition coefficient (Wildman–Crippen LogP) is 4.22. The van der Waals surface area contributed by atoms with Gasteiger partial charge in [-0.15, -0.1) is 0 Å². The number of rotatable bonds is 4. The Labute approximate surface area is 148 Å². The first kappa shape index (κ1) is 19.4. The molecular weight excluding hydrogens is 384 g/mol. The van der Waals surface area contributed by atoms with Crippen molar-refractivity contribution in [3.8, 4) is 5.88 Å². The number of methoxy groups -OCH3 is 1. The van der Waals surface area contributed by atoms with E-state index in [9.17, 15) is 27.2 Å². The molecule has 0 saturated heterocycles. The van der Waals surface area contributed by atoms with Gasteiger partial charge < -0.3 is 9.84 Å². The number of ketones is 1. The molecule has 0 aliphatic rings. The number of benzene rings is 1. The van der Waals surface area contributed by atoms with Crippen LogP contribution in [0.3, 0.4) is 0 Å². The van der Waals surface area contributed by atoms with Crippen molar-refractivity contribution < 1.29 is 37.0 Å². The van der Waals surface area contributed by atoms with Crippen LogP contribution in [-0.2, 0) is 6.18 Å². The van der Waals surface area contributed by atoms with Crippen LogP contribution in [0.5, 0.6) is 5.88 Å². The zero-order chi connectivity index (χ0) is 19.6. The van der Waals surface area contributed by atoms with Gasteiger partial charge in [-0.3, -0.25) is 10.1 Å². The fourth-order valence-corrected chi connectivity index (χ4v) is 2.41. The molecule has 1 aromatic heterocycles. The molecule has 2 N–H and O–H groups in total. The molecule has 0 saturated carbocycles. The molecule has 0 aliphatic heterocycles. The van der Waals surface area contributed by atoms with E-state index in [1.165, 1.54) is 7.11 Å². The molecule has 2 rings (SSSR count). The quantitative estimate of drug-likeness (QED) is 0.600. The van der Waals surface area contributed by atoms with Gasteiger partial charge in [0.1, 0.15) is 0 Å². The molecule has 0 aliphatic carbocycles. The van der Waals surface area contributed by atoms with Crippen LogP contribution in [-0.4, -0.2) is 29.1 Å². The average molecular weight is 393 g/mol. The van der Waals surface area contributed by atoms with Gasteiger partial charge in [-0.25, -0.2) is 14.2 Å². The summed E-state index contributed by atoms with van der Waals surface area (Å²) in [6.45, 7) is 0. The Hall–Kier alpha value is -2.88. The van der Waals surface area contributed by atoms with Crippen LogP contribution in [0.25, 0.3) is 0 Å². The SMILES string of the molecule is COc1ccc(F)c(C(=O)c2c(NC(=O)O)ccc(C(F)(F)F)c2Cl)n1. The molecule has 0 atom stereocenters. The number of carbonyl (C=O) groups excluding carboxylic acids is 1. The molecule has 1 heterocycles. The molecule has 138 valence electrons. The van der Waals surface area contributed by atoms with E-state index in [0.717, 1.165) is 12.1 Å². The average Bonchev–Trinajstić information content (AvgIpc) is 2.53. The Bertz CT molecular complexity index is 887. The van der Waals surface area contributed by atoms with Gasteiger partial charge in [0.25, 0.3) is 0 Å². The Kier molecular flexibility index (Phi) is 5.36. The second-order valence-electron chi connectivity index (χ2n) is 4.79. The summed E-state index contributed by atoms with van der Waals surface area (Å²) in [6, 6.07) is 3.12. The summed E-state index contributed by atoms with van der Waals surface area (Å²) in [6.07, 6.45) is -6.58. The number of hydrogen-bond donors (Lipinski definition) is 2. The molecule has 2 aromatic rings. The maximum atomic E-state index is 14.0. The topological polar surface area (TPSA) is 88.5 Å². The molecule has 0 unspecified atom stereocenters. The van der Waals surface area contributed by atoms with Crippen molar-refractivity contribution in [2.75, 3.05) is 12.4 Å². The van der Waals surface area contributed by atoms with Gasteiger partial charge >= 0.3 is 12.3 Å². The lowest BCUT2D eigenvalue weighted by Gasteiger charge is -2.16. The summed E-state index contributed by atoms with van der Waals surface area (Å²) in [7, 11) is 1.18. The Morgan fingerprint density at radius 2 is 1.88 bits per heavy atom. The summed E-state index contributed by atoms with van der Waals surface area (Å²) in [5, 5.41) is 9.47. The van der Waals surface area contributed by atoms with E-state index in [-0.39, 0.29) is 5.88 Å². The standard InChI is InChI=1S/C15H9ClF4N2O4/c1-26-9-5-3-7(17)12(22-9)13(23)10-8(21-14(24)25)4-2-6(11(10)16)15(18,19)20/h2-5,21H,1H3,(H,24,25). The number of ether oxygens (including phenoxy) is 1. The molecule has 1 aromatic carbocycles. The molecule has 26 heavy (non-hydrogen) atoms. The van der Waals surface area contributed by atoms with Crippen molar-refractivity contribution in [1.82, 2.24) is 4.98 Å². The molecule has 0 radical (unpaired) electrons. The molecule has 0 fully saturated rings. The molecule has 0 bridgehead atoms. The van der Waals surface area contributed by atoms with Crippen LogP contribution in [0.1, 0.15) is 21.6 Å². The van der Waals surface area contributed by atoms with Crippen LogP contribution in [0.2, 0.25) is 5.02 Å². The number of hydrogen-bond acceptors (Lipinski definition) is 4. The molecule has 0 spiro atoms. The van der Waals surface area contributed by atoms with E-state index in [2.05, 4.69) is 4.98 Å². The number of anilines is 1. The van der Waals surface area contributed by atoms with Gasteiger partial charge in [0.05, 0.1) is 28.9 Å². The van der Waals surface area contributed by atoms with Crippen LogP contribution in [0.15, 0.2) is 24.3 Å². The van der Waals surface area contributed by atoms with Gasteiger partial charge in [-0.05, 0) is 18.2 Å². The Balaban J connectivity index is 2.72. The summed E-state index contributed by atoms with van der Waals surface area (Å²) >= 11 is 5.70. The third-order valence-electron chi connectivity index (χ3n) is 3.16. The van der Waals surface area contributed by atoms with Crippen molar-refractivity contribution in [3.63, 3.8) is 0 Å². The zero-order valence-corrected chi connectivity index (χ0v) is 13.6. The smallest absolute Gasteiger partial charge is 0.417 e. The number of nitrogens with one attached hydrogen (secondary N) is 1. The maximum Gasteiger partial charge on any atom is 0.417 e. The molecule has 11 heteroatoms. The van der Waals surface area contributed by atoms with E-state index in [0.29, 0.717) is 12.1 Å². The van der Waals surface area contributed by atoms with E-state index in [1.54, 1.807) is 5.32 Å². The number of alkyl halides is 3. The highest BCUT2D eigenvalue weighted by molar-refractivity contribution is 6.36. The lowest BCUT2D eigenvalue weighted by molar-refractivity contribution is -0.137. The number of halogens is 5.